The third kappa shape index (κ3) is 4.59. The second-order valence-corrected chi connectivity index (χ2v) is 8.72. The number of nitrogens with zero attached hydrogens (tertiary/aromatic N) is 2. The monoisotopic (exact) mass is 495 g/mol. The Balaban J connectivity index is 1.25. The Kier molecular flexibility index (Phi) is 6.27. The van der Waals surface area contributed by atoms with E-state index in [-0.39, 0.29) is 5.91 Å². The molecule has 0 atom stereocenters. The number of hydrogen-bond acceptors (Lipinski definition) is 4. The quantitative estimate of drug-likeness (QED) is 0.216. The summed E-state index contributed by atoms with van der Waals surface area (Å²) >= 11 is 6.24. The number of benzene rings is 4. The highest BCUT2D eigenvalue weighted by Crippen LogP contribution is 2.24. The van der Waals surface area contributed by atoms with E-state index in [1.54, 1.807) is 47.1 Å². The average molecular weight is 496 g/mol. The fraction of sp³-hybridized carbons (Fsp3) is 0.0690. The van der Waals surface area contributed by atoms with Crippen molar-refractivity contribution in [1.82, 2.24) is 9.78 Å². The molecule has 0 spiro atoms. The Morgan fingerprint density at radius 2 is 1.56 bits per heavy atom. The summed E-state index contributed by atoms with van der Waals surface area (Å²) in [5, 5.41) is 9.74. The first-order valence-electron chi connectivity index (χ1n) is 11.3. The lowest BCUT2D eigenvalue weighted by molar-refractivity contribution is 0.0737. The second kappa shape index (κ2) is 9.68. The molecule has 5 aromatic rings. The van der Waals surface area contributed by atoms with E-state index in [0.717, 1.165) is 27.8 Å². The molecule has 1 aromatic heterocycles. The van der Waals surface area contributed by atoms with Gasteiger partial charge in [-0.05, 0) is 79.2 Å². The molecule has 5 rings (SSSR count). The smallest absolute Gasteiger partial charge is 0.344 e. The minimum absolute atomic E-state index is 0.274. The van der Waals surface area contributed by atoms with Crippen molar-refractivity contribution in [3.63, 3.8) is 0 Å². The van der Waals surface area contributed by atoms with Crippen LogP contribution in [0.2, 0.25) is 5.02 Å². The van der Waals surface area contributed by atoms with Crippen LogP contribution in [-0.4, -0.2) is 21.7 Å². The van der Waals surface area contributed by atoms with Crippen LogP contribution in [-0.2, 0) is 0 Å². The van der Waals surface area contributed by atoms with Crippen molar-refractivity contribution in [2.75, 3.05) is 5.32 Å². The Morgan fingerprint density at radius 3 is 2.25 bits per heavy atom. The van der Waals surface area contributed by atoms with E-state index in [4.69, 9.17) is 16.3 Å². The van der Waals surface area contributed by atoms with E-state index in [2.05, 4.69) is 10.4 Å². The van der Waals surface area contributed by atoms with E-state index >= 15 is 0 Å². The summed E-state index contributed by atoms with van der Waals surface area (Å²) in [6.07, 6.45) is 0. The van der Waals surface area contributed by atoms with Gasteiger partial charge in [-0.1, -0.05) is 48.0 Å². The lowest BCUT2D eigenvalue weighted by Gasteiger charge is -2.09. The highest BCUT2D eigenvalue weighted by atomic mass is 35.5. The molecule has 1 N–H and O–H groups in total. The molecule has 6 nitrogen and oxygen atoms in total. The van der Waals surface area contributed by atoms with E-state index in [1.807, 2.05) is 62.4 Å². The van der Waals surface area contributed by atoms with E-state index < -0.39 is 5.97 Å². The number of ether oxygens (including phenoxy) is 1. The molecular formula is C29H22ClN3O3. The van der Waals surface area contributed by atoms with Gasteiger partial charge in [0.05, 0.1) is 27.7 Å². The van der Waals surface area contributed by atoms with Crippen LogP contribution < -0.4 is 10.1 Å². The number of amides is 1. The first kappa shape index (κ1) is 23.3. The first-order valence-corrected chi connectivity index (χ1v) is 11.7. The first-order chi connectivity index (χ1) is 17.4. The summed E-state index contributed by atoms with van der Waals surface area (Å²) in [6, 6.07) is 26.9. The van der Waals surface area contributed by atoms with Crippen LogP contribution in [0, 0.1) is 13.8 Å². The molecule has 0 aliphatic heterocycles. The maximum atomic E-state index is 12.7. The molecule has 0 unspecified atom stereocenters. The summed E-state index contributed by atoms with van der Waals surface area (Å²) in [6.45, 7) is 3.76. The van der Waals surface area contributed by atoms with Gasteiger partial charge in [0.25, 0.3) is 5.91 Å². The third-order valence-electron chi connectivity index (χ3n) is 5.91. The van der Waals surface area contributed by atoms with Crippen molar-refractivity contribution in [2.24, 2.45) is 0 Å². The number of aromatic nitrogens is 2. The number of halogens is 1. The molecule has 0 saturated heterocycles. The van der Waals surface area contributed by atoms with Crippen LogP contribution in [0.1, 0.15) is 32.1 Å². The van der Waals surface area contributed by atoms with Gasteiger partial charge in [0.1, 0.15) is 5.75 Å². The zero-order valence-electron chi connectivity index (χ0n) is 19.7. The van der Waals surface area contributed by atoms with Crippen LogP contribution in [0.3, 0.4) is 0 Å². The van der Waals surface area contributed by atoms with Crippen molar-refractivity contribution in [2.45, 2.75) is 13.8 Å². The summed E-state index contributed by atoms with van der Waals surface area (Å²) in [5.41, 5.74) is 4.03. The molecule has 0 bridgehead atoms. The normalized spacial score (nSPS) is 10.9. The van der Waals surface area contributed by atoms with E-state index in [0.29, 0.717) is 27.6 Å². The second-order valence-electron chi connectivity index (χ2n) is 8.34. The lowest BCUT2D eigenvalue weighted by atomic mass is 10.0. The van der Waals surface area contributed by atoms with Gasteiger partial charge in [0.15, 0.2) is 0 Å². The molecule has 0 radical (unpaired) electrons. The Hall–Kier alpha value is -4.42. The maximum absolute atomic E-state index is 12.7. The summed E-state index contributed by atoms with van der Waals surface area (Å²) in [4.78, 5) is 25.5. The van der Waals surface area contributed by atoms with Crippen molar-refractivity contribution < 1.29 is 14.3 Å². The minimum atomic E-state index is -0.451. The maximum Gasteiger partial charge on any atom is 0.344 e. The molecule has 0 aliphatic carbocycles. The number of esters is 1. The van der Waals surface area contributed by atoms with Gasteiger partial charge in [-0.3, -0.25) is 4.79 Å². The molecular weight excluding hydrogens is 474 g/mol. The van der Waals surface area contributed by atoms with Crippen LogP contribution >= 0.6 is 11.6 Å². The number of anilines is 1. The topological polar surface area (TPSA) is 73.2 Å². The highest BCUT2D eigenvalue weighted by Gasteiger charge is 2.14. The summed E-state index contributed by atoms with van der Waals surface area (Å²) in [5.74, 6) is -0.366. The molecule has 178 valence electrons. The lowest BCUT2D eigenvalue weighted by Crippen LogP contribution is -2.12. The molecule has 0 fully saturated rings. The summed E-state index contributed by atoms with van der Waals surface area (Å²) < 4.78 is 7.31. The Labute approximate surface area is 213 Å². The van der Waals surface area contributed by atoms with Gasteiger partial charge in [-0.2, -0.15) is 5.10 Å². The predicted molar refractivity (Wildman–Crippen MR) is 141 cm³/mol. The standard InChI is InChI=1S/C29H22ClN3O3/c1-18-27(30)19(2)33(32-18)23-14-12-22(13-15-23)31-28(34)21-10-16-24(17-11-21)36-29(35)26-9-5-7-20-6-3-4-8-25(20)26/h3-17H,1-2H3,(H,31,34). The number of rotatable bonds is 5. The number of hydrogen-bond donors (Lipinski definition) is 1. The Morgan fingerprint density at radius 1 is 0.861 bits per heavy atom. The van der Waals surface area contributed by atoms with Gasteiger partial charge in [-0.15, -0.1) is 0 Å². The molecule has 7 heteroatoms. The number of nitrogens with one attached hydrogen (secondary N) is 1. The molecule has 0 saturated carbocycles. The number of carbonyl (C=O) groups is 2. The van der Waals surface area contributed by atoms with Crippen LogP contribution in [0.5, 0.6) is 5.75 Å². The molecule has 1 amide bonds. The van der Waals surface area contributed by atoms with Crippen molar-refractivity contribution in [1.29, 1.82) is 0 Å². The van der Waals surface area contributed by atoms with Crippen molar-refractivity contribution >= 4 is 39.9 Å². The van der Waals surface area contributed by atoms with Gasteiger partial charge < -0.3 is 10.1 Å². The van der Waals surface area contributed by atoms with Gasteiger partial charge in [0, 0.05) is 11.3 Å². The fourth-order valence-corrected chi connectivity index (χ4v) is 4.12. The van der Waals surface area contributed by atoms with Crippen molar-refractivity contribution in [3.05, 3.63) is 119 Å². The van der Waals surface area contributed by atoms with Crippen LogP contribution in [0.25, 0.3) is 16.5 Å². The molecule has 0 aliphatic rings. The number of aryl methyl sites for hydroxylation is 1. The largest absolute Gasteiger partial charge is 0.423 e. The third-order valence-corrected chi connectivity index (χ3v) is 6.46. The van der Waals surface area contributed by atoms with Gasteiger partial charge in [0.2, 0.25) is 0 Å². The van der Waals surface area contributed by atoms with Crippen LogP contribution in [0.15, 0.2) is 91.0 Å². The molecule has 36 heavy (non-hydrogen) atoms. The number of fused-ring (bicyclic) bond motifs is 1. The number of carbonyl (C=O) groups excluding carboxylic acids is 2. The zero-order chi connectivity index (χ0) is 25.2. The van der Waals surface area contributed by atoms with E-state index in [9.17, 15) is 9.59 Å². The molecule has 4 aromatic carbocycles. The Bertz CT molecular complexity index is 1580. The zero-order valence-corrected chi connectivity index (χ0v) is 20.4. The van der Waals surface area contributed by atoms with Crippen molar-refractivity contribution in [3.8, 4) is 11.4 Å². The molecule has 1 heterocycles. The SMILES string of the molecule is Cc1nn(-c2ccc(NC(=O)c3ccc(OC(=O)c4cccc5ccccc45)cc3)cc2)c(C)c1Cl. The minimum Gasteiger partial charge on any atom is -0.423 e. The average Bonchev–Trinajstić information content (AvgIpc) is 3.16. The van der Waals surface area contributed by atoms with Crippen LogP contribution in [0.4, 0.5) is 5.69 Å². The highest BCUT2D eigenvalue weighted by molar-refractivity contribution is 6.31. The van der Waals surface area contributed by atoms with E-state index in [1.165, 1.54) is 0 Å². The fourth-order valence-electron chi connectivity index (χ4n) is 4.00. The van der Waals surface area contributed by atoms with Gasteiger partial charge >= 0.3 is 5.97 Å². The van der Waals surface area contributed by atoms with Gasteiger partial charge in [-0.25, -0.2) is 9.48 Å². The summed E-state index contributed by atoms with van der Waals surface area (Å²) in [7, 11) is 0. The predicted octanol–water partition coefficient (Wildman–Crippen LogP) is 6.77.